The molecule has 128 valence electrons. The summed E-state index contributed by atoms with van der Waals surface area (Å²) < 4.78 is 40.0. The van der Waals surface area contributed by atoms with Gasteiger partial charge in [0.1, 0.15) is 17.0 Å². The van der Waals surface area contributed by atoms with Crippen molar-refractivity contribution in [2.45, 2.75) is 11.7 Å². The Morgan fingerprint density at radius 1 is 1.30 bits per heavy atom. The number of hydrogen-bond donors (Lipinski definition) is 3. The number of thioether (sulfide) groups is 1. The molecule has 1 aromatic rings. The molecule has 0 saturated carbocycles. The maximum absolute atomic E-state index is 12.1. The smallest absolute Gasteiger partial charge is 0.406 e. The Hall–Kier alpha value is -1.81. The number of ether oxygens (including phenoxy) is 1. The Morgan fingerprint density at radius 2 is 1.91 bits per heavy atom. The first kappa shape index (κ1) is 19.2. The van der Waals surface area contributed by atoms with Crippen molar-refractivity contribution in [1.82, 2.24) is 4.90 Å². The molecular formula is C12H15ClF3N5OS. The van der Waals surface area contributed by atoms with E-state index in [1.165, 1.54) is 23.9 Å². The van der Waals surface area contributed by atoms with E-state index in [9.17, 15) is 13.2 Å². The third-order valence-electron chi connectivity index (χ3n) is 2.78. The van der Waals surface area contributed by atoms with Crippen molar-refractivity contribution in [2.75, 3.05) is 12.3 Å². The largest absolute Gasteiger partial charge is 0.573 e. The lowest BCUT2D eigenvalue weighted by Gasteiger charge is -2.22. The Bertz CT molecular complexity index is 581. The van der Waals surface area contributed by atoms with Gasteiger partial charge in [-0.15, -0.1) is 37.3 Å². The summed E-state index contributed by atoms with van der Waals surface area (Å²) in [5.41, 5.74) is 11.8. The van der Waals surface area contributed by atoms with Gasteiger partial charge in [0.25, 0.3) is 0 Å². The van der Waals surface area contributed by atoms with Crippen LogP contribution >= 0.6 is 24.2 Å². The number of amidine groups is 1. The minimum atomic E-state index is -4.73. The number of hydrogen-bond acceptors (Lipinski definition) is 4. The van der Waals surface area contributed by atoms with Crippen LogP contribution in [0, 0.1) is 5.41 Å². The van der Waals surface area contributed by atoms with Crippen LogP contribution in [0.5, 0.6) is 5.75 Å². The lowest BCUT2D eigenvalue weighted by molar-refractivity contribution is -0.274. The van der Waals surface area contributed by atoms with Crippen LogP contribution in [-0.2, 0) is 0 Å². The summed E-state index contributed by atoms with van der Waals surface area (Å²) in [5, 5.41) is 7.12. The van der Waals surface area contributed by atoms with E-state index in [-0.39, 0.29) is 35.3 Å². The van der Waals surface area contributed by atoms with Gasteiger partial charge in [-0.2, -0.15) is 0 Å². The van der Waals surface area contributed by atoms with Crippen LogP contribution < -0.4 is 16.2 Å². The fourth-order valence-corrected chi connectivity index (χ4v) is 3.04. The molecule has 23 heavy (non-hydrogen) atoms. The quantitative estimate of drug-likeness (QED) is 0.560. The standard InChI is InChI=1S/C12H14F3N5OS.ClH/c13-12(14,15)21-8-3-1-7(2-4-8)19-9(16)10-20(11(17)18)5-6-22-10;/h1-4,10H,5-6H2,(H2,16,19)(H3,17,18);1H. The van der Waals surface area contributed by atoms with Gasteiger partial charge in [-0.05, 0) is 24.3 Å². The molecule has 0 aliphatic carbocycles. The third-order valence-corrected chi connectivity index (χ3v) is 4.01. The molecule has 1 saturated heterocycles. The summed E-state index contributed by atoms with van der Waals surface area (Å²) in [6.45, 7) is 0.596. The molecular weight excluding hydrogens is 355 g/mol. The van der Waals surface area contributed by atoms with Gasteiger partial charge in [0.15, 0.2) is 5.96 Å². The van der Waals surface area contributed by atoms with Crippen molar-refractivity contribution >= 4 is 41.7 Å². The Morgan fingerprint density at radius 3 is 2.43 bits per heavy atom. The topological polar surface area (TPSA) is 101 Å². The molecule has 1 unspecified atom stereocenters. The highest BCUT2D eigenvalue weighted by atomic mass is 35.5. The first-order valence-corrected chi connectivity index (χ1v) is 7.23. The van der Waals surface area contributed by atoms with Gasteiger partial charge in [0.05, 0.1) is 5.69 Å². The second-order valence-corrected chi connectivity index (χ2v) is 5.57. The molecule has 0 bridgehead atoms. The first-order chi connectivity index (χ1) is 10.3. The maximum atomic E-state index is 12.1. The van der Waals surface area contributed by atoms with E-state index < -0.39 is 6.36 Å². The van der Waals surface area contributed by atoms with E-state index in [0.29, 0.717) is 12.2 Å². The molecule has 1 fully saturated rings. The minimum Gasteiger partial charge on any atom is -0.406 e. The zero-order chi connectivity index (χ0) is 16.3. The number of nitrogens with zero attached hydrogens (tertiary/aromatic N) is 2. The number of halogens is 4. The van der Waals surface area contributed by atoms with Crippen molar-refractivity contribution in [2.24, 2.45) is 16.5 Å². The Labute approximate surface area is 141 Å². The summed E-state index contributed by atoms with van der Waals surface area (Å²) in [6.07, 6.45) is -4.73. The number of nitrogens with two attached hydrogens (primary N) is 2. The van der Waals surface area contributed by atoms with Crippen LogP contribution in [0.15, 0.2) is 29.3 Å². The predicted molar refractivity (Wildman–Crippen MR) is 86.5 cm³/mol. The molecule has 0 aromatic heterocycles. The van der Waals surface area contributed by atoms with Gasteiger partial charge in [-0.3, -0.25) is 5.41 Å². The van der Waals surface area contributed by atoms with Gasteiger partial charge >= 0.3 is 6.36 Å². The van der Waals surface area contributed by atoms with E-state index in [2.05, 4.69) is 9.73 Å². The fourth-order valence-electron chi connectivity index (χ4n) is 1.89. The molecule has 1 heterocycles. The third kappa shape index (κ3) is 5.39. The monoisotopic (exact) mass is 369 g/mol. The van der Waals surface area contributed by atoms with Crippen LogP contribution in [0.1, 0.15) is 0 Å². The van der Waals surface area contributed by atoms with E-state index in [1.54, 1.807) is 4.90 Å². The number of rotatable bonds is 3. The van der Waals surface area contributed by atoms with Crippen LogP contribution in [0.4, 0.5) is 18.9 Å². The highest BCUT2D eigenvalue weighted by molar-refractivity contribution is 8.00. The van der Waals surface area contributed by atoms with E-state index in [0.717, 1.165) is 17.9 Å². The summed E-state index contributed by atoms with van der Waals surface area (Å²) in [4.78, 5) is 5.76. The molecule has 11 heteroatoms. The normalized spacial score (nSPS) is 18.5. The van der Waals surface area contributed by atoms with Gasteiger partial charge in [0.2, 0.25) is 0 Å². The molecule has 1 aliphatic rings. The second kappa shape index (κ2) is 7.64. The molecule has 6 nitrogen and oxygen atoms in total. The van der Waals surface area contributed by atoms with E-state index >= 15 is 0 Å². The van der Waals surface area contributed by atoms with Crippen LogP contribution in [0.3, 0.4) is 0 Å². The van der Waals surface area contributed by atoms with Crippen molar-refractivity contribution in [3.05, 3.63) is 24.3 Å². The maximum Gasteiger partial charge on any atom is 0.573 e. The molecule has 1 atom stereocenters. The fraction of sp³-hybridized carbons (Fsp3) is 0.333. The molecule has 2 rings (SSSR count). The molecule has 0 spiro atoms. The van der Waals surface area contributed by atoms with Crippen molar-refractivity contribution in [3.8, 4) is 5.75 Å². The summed E-state index contributed by atoms with van der Waals surface area (Å²) in [5.74, 6) is 0.577. The lowest BCUT2D eigenvalue weighted by atomic mass is 10.3. The van der Waals surface area contributed by atoms with E-state index in [4.69, 9.17) is 16.9 Å². The SMILES string of the molecule is Cl.N=C(N)N1CCSC1C(N)=Nc1ccc(OC(F)(F)F)cc1. The van der Waals surface area contributed by atoms with Gasteiger partial charge in [-0.1, -0.05) is 0 Å². The number of guanidine groups is 1. The van der Waals surface area contributed by atoms with Crippen molar-refractivity contribution in [1.29, 1.82) is 5.41 Å². The predicted octanol–water partition coefficient (Wildman–Crippen LogP) is 2.26. The summed E-state index contributed by atoms with van der Waals surface area (Å²) in [6, 6.07) is 5.05. The number of nitrogens with one attached hydrogen (secondary N) is 1. The molecule has 0 amide bonds. The summed E-state index contributed by atoms with van der Waals surface area (Å²) in [7, 11) is 0. The van der Waals surface area contributed by atoms with Crippen molar-refractivity contribution < 1.29 is 17.9 Å². The highest BCUT2D eigenvalue weighted by Crippen LogP contribution is 2.27. The Balaban J connectivity index is 0.00000264. The minimum absolute atomic E-state index is 0. The van der Waals surface area contributed by atoms with Crippen LogP contribution in [0.2, 0.25) is 0 Å². The van der Waals surface area contributed by atoms with Gasteiger partial charge in [0, 0.05) is 12.3 Å². The summed E-state index contributed by atoms with van der Waals surface area (Å²) >= 11 is 1.49. The second-order valence-electron chi connectivity index (χ2n) is 4.38. The molecule has 1 aromatic carbocycles. The van der Waals surface area contributed by atoms with Gasteiger partial charge < -0.3 is 21.1 Å². The van der Waals surface area contributed by atoms with Gasteiger partial charge in [-0.25, -0.2) is 4.99 Å². The van der Waals surface area contributed by atoms with Crippen molar-refractivity contribution in [3.63, 3.8) is 0 Å². The van der Waals surface area contributed by atoms with Crippen LogP contribution in [0.25, 0.3) is 0 Å². The number of aliphatic imine (C=N–C) groups is 1. The van der Waals surface area contributed by atoms with Crippen LogP contribution in [-0.4, -0.2) is 40.7 Å². The first-order valence-electron chi connectivity index (χ1n) is 6.18. The average molecular weight is 370 g/mol. The zero-order valence-electron chi connectivity index (χ0n) is 11.7. The number of benzene rings is 1. The molecule has 0 radical (unpaired) electrons. The lowest BCUT2D eigenvalue weighted by Crippen LogP contribution is -2.45. The molecule has 5 N–H and O–H groups in total. The average Bonchev–Trinajstić information content (AvgIpc) is 2.89. The number of alkyl halides is 3. The molecule has 1 aliphatic heterocycles. The zero-order valence-corrected chi connectivity index (χ0v) is 13.3. The highest BCUT2D eigenvalue weighted by Gasteiger charge is 2.31. The van der Waals surface area contributed by atoms with E-state index in [1.807, 2.05) is 0 Å². The Kier molecular flexibility index (Phi) is 6.39.